The Morgan fingerprint density at radius 2 is 2.15 bits per heavy atom. The minimum absolute atomic E-state index is 0.0125. The minimum atomic E-state index is -0.487. The molecule has 0 aromatic heterocycles. The van der Waals surface area contributed by atoms with Gasteiger partial charge in [-0.25, -0.2) is 0 Å². The van der Waals surface area contributed by atoms with Crippen LogP contribution in [0.2, 0.25) is 0 Å². The predicted molar refractivity (Wildman–Crippen MR) is 73.4 cm³/mol. The van der Waals surface area contributed by atoms with Crippen LogP contribution in [-0.2, 0) is 4.79 Å². The lowest BCUT2D eigenvalue weighted by atomic mass is 10.2. The highest BCUT2D eigenvalue weighted by molar-refractivity contribution is 5.82. The maximum absolute atomic E-state index is 12.1. The maximum atomic E-state index is 12.1. The third-order valence-corrected chi connectivity index (χ3v) is 3.18. The topological polar surface area (TPSA) is 95.7 Å². The van der Waals surface area contributed by atoms with E-state index in [9.17, 15) is 14.9 Å². The van der Waals surface area contributed by atoms with Gasteiger partial charge in [0.05, 0.1) is 18.1 Å². The number of carbonyl (C=O) groups excluding carboxylic acids is 1. The van der Waals surface area contributed by atoms with Gasteiger partial charge in [-0.05, 0) is 18.9 Å². The Morgan fingerprint density at radius 3 is 2.75 bits per heavy atom. The molecule has 1 aromatic carbocycles. The number of aliphatic hydroxyl groups is 1. The Kier molecular flexibility index (Phi) is 4.52. The molecule has 7 nitrogen and oxygen atoms in total. The number of rotatable bonds is 7. The van der Waals surface area contributed by atoms with Crippen LogP contribution in [0.3, 0.4) is 0 Å². The first-order chi connectivity index (χ1) is 9.63. The number of nitro groups is 1. The van der Waals surface area contributed by atoms with Crippen LogP contribution in [0.15, 0.2) is 24.3 Å². The average Bonchev–Trinajstić information content (AvgIpc) is 3.26. The smallest absolute Gasteiger partial charge is 0.292 e. The number of carbonyl (C=O) groups is 1. The van der Waals surface area contributed by atoms with E-state index in [1.54, 1.807) is 23.1 Å². The molecule has 0 aliphatic heterocycles. The summed E-state index contributed by atoms with van der Waals surface area (Å²) in [6, 6.07) is 6.42. The number of nitrogens with zero attached hydrogens (tertiary/aromatic N) is 2. The van der Waals surface area contributed by atoms with E-state index in [1.165, 1.54) is 6.07 Å². The fraction of sp³-hybridized carbons (Fsp3) is 0.462. The molecule has 1 aliphatic carbocycles. The zero-order valence-electron chi connectivity index (χ0n) is 11.0. The molecule has 7 heteroatoms. The van der Waals surface area contributed by atoms with Gasteiger partial charge in [-0.1, -0.05) is 12.1 Å². The summed E-state index contributed by atoms with van der Waals surface area (Å²) in [5.74, 6) is -0.153. The molecule has 1 saturated carbocycles. The highest BCUT2D eigenvalue weighted by atomic mass is 16.6. The number of nitrogens with one attached hydrogen (secondary N) is 1. The molecule has 0 heterocycles. The first kappa shape index (κ1) is 14.3. The highest BCUT2D eigenvalue weighted by Crippen LogP contribution is 2.27. The predicted octanol–water partition coefficient (Wildman–Crippen LogP) is 0.990. The van der Waals surface area contributed by atoms with Crippen LogP contribution < -0.4 is 5.32 Å². The third-order valence-electron chi connectivity index (χ3n) is 3.18. The van der Waals surface area contributed by atoms with E-state index in [0.29, 0.717) is 12.2 Å². The molecule has 1 fully saturated rings. The summed E-state index contributed by atoms with van der Waals surface area (Å²) in [5, 5.41) is 22.6. The van der Waals surface area contributed by atoms with Crippen molar-refractivity contribution >= 4 is 17.3 Å². The van der Waals surface area contributed by atoms with Crippen LogP contribution >= 0.6 is 0 Å². The lowest BCUT2D eigenvalue weighted by Crippen LogP contribution is -2.39. The van der Waals surface area contributed by atoms with Crippen molar-refractivity contribution in [3.8, 4) is 0 Å². The Morgan fingerprint density at radius 1 is 1.45 bits per heavy atom. The molecule has 0 radical (unpaired) electrons. The zero-order chi connectivity index (χ0) is 14.5. The van der Waals surface area contributed by atoms with Crippen LogP contribution in [0, 0.1) is 10.1 Å². The number of anilines is 1. The summed E-state index contributed by atoms with van der Waals surface area (Å²) in [6.07, 6.45) is 1.91. The van der Waals surface area contributed by atoms with Gasteiger partial charge in [0.2, 0.25) is 5.91 Å². The number of aliphatic hydroxyl groups excluding tert-OH is 1. The second-order valence-corrected chi connectivity index (χ2v) is 4.67. The first-order valence-corrected chi connectivity index (χ1v) is 6.51. The van der Waals surface area contributed by atoms with Gasteiger partial charge in [0.1, 0.15) is 5.69 Å². The SMILES string of the molecule is O=C(CNc1ccccc1[N+](=O)[O-])N(CCO)C1CC1. The number of para-hydroxylation sites is 2. The molecule has 0 saturated heterocycles. The molecule has 1 aliphatic rings. The van der Waals surface area contributed by atoms with E-state index < -0.39 is 4.92 Å². The number of hydrogen-bond acceptors (Lipinski definition) is 5. The van der Waals surface area contributed by atoms with Gasteiger partial charge in [-0.2, -0.15) is 0 Å². The molecular formula is C13H17N3O4. The van der Waals surface area contributed by atoms with Crippen LogP contribution in [0.4, 0.5) is 11.4 Å². The molecule has 0 spiro atoms. The summed E-state index contributed by atoms with van der Waals surface area (Å²) in [5.41, 5.74) is 0.269. The van der Waals surface area contributed by atoms with E-state index in [0.717, 1.165) is 12.8 Å². The number of hydrogen-bond donors (Lipinski definition) is 2. The van der Waals surface area contributed by atoms with Crippen molar-refractivity contribution in [2.45, 2.75) is 18.9 Å². The van der Waals surface area contributed by atoms with Crippen LogP contribution in [0.5, 0.6) is 0 Å². The molecule has 0 atom stereocenters. The summed E-state index contributed by atoms with van der Waals surface area (Å²) in [4.78, 5) is 24.0. The average molecular weight is 279 g/mol. The highest BCUT2D eigenvalue weighted by Gasteiger charge is 2.31. The van der Waals surface area contributed by atoms with Gasteiger partial charge in [-0.15, -0.1) is 0 Å². The van der Waals surface area contributed by atoms with Gasteiger partial charge in [0.25, 0.3) is 5.69 Å². The van der Waals surface area contributed by atoms with Crippen molar-refractivity contribution in [1.29, 1.82) is 0 Å². The fourth-order valence-electron chi connectivity index (χ4n) is 2.06. The summed E-state index contributed by atoms with van der Waals surface area (Å²) < 4.78 is 0. The molecule has 1 amide bonds. The molecule has 2 N–H and O–H groups in total. The van der Waals surface area contributed by atoms with E-state index >= 15 is 0 Å². The molecule has 108 valence electrons. The lowest BCUT2D eigenvalue weighted by Gasteiger charge is -2.21. The van der Waals surface area contributed by atoms with Gasteiger partial charge < -0.3 is 15.3 Å². The normalized spacial score (nSPS) is 13.8. The maximum Gasteiger partial charge on any atom is 0.292 e. The summed E-state index contributed by atoms with van der Waals surface area (Å²) in [7, 11) is 0. The Labute approximate surface area is 116 Å². The second kappa shape index (κ2) is 6.33. The molecule has 0 unspecified atom stereocenters. The Bertz CT molecular complexity index is 502. The zero-order valence-corrected chi connectivity index (χ0v) is 11.0. The quantitative estimate of drug-likeness (QED) is 0.573. The van der Waals surface area contributed by atoms with Gasteiger partial charge in [-0.3, -0.25) is 14.9 Å². The Hall–Kier alpha value is -2.15. The minimum Gasteiger partial charge on any atom is -0.395 e. The van der Waals surface area contributed by atoms with E-state index in [4.69, 9.17) is 5.11 Å². The van der Waals surface area contributed by atoms with Crippen LogP contribution in [-0.4, -0.2) is 46.6 Å². The first-order valence-electron chi connectivity index (χ1n) is 6.51. The monoisotopic (exact) mass is 279 g/mol. The molecule has 1 aromatic rings. The fourth-order valence-corrected chi connectivity index (χ4v) is 2.06. The third kappa shape index (κ3) is 3.45. The number of nitro benzene ring substituents is 1. The molecular weight excluding hydrogens is 262 g/mol. The van der Waals surface area contributed by atoms with E-state index in [1.807, 2.05) is 0 Å². The van der Waals surface area contributed by atoms with E-state index in [-0.39, 0.29) is 30.8 Å². The standard InChI is InChI=1S/C13H17N3O4/c17-8-7-15(10-5-6-10)13(18)9-14-11-3-1-2-4-12(11)16(19)20/h1-4,10,14,17H,5-9H2. The Balaban J connectivity index is 1.97. The van der Waals surface area contributed by atoms with Gasteiger partial charge >= 0.3 is 0 Å². The van der Waals surface area contributed by atoms with Crippen LogP contribution in [0.25, 0.3) is 0 Å². The van der Waals surface area contributed by atoms with Crippen molar-refractivity contribution in [2.75, 3.05) is 25.0 Å². The van der Waals surface area contributed by atoms with Gasteiger partial charge in [0.15, 0.2) is 0 Å². The summed E-state index contributed by atoms with van der Waals surface area (Å²) >= 11 is 0. The van der Waals surface area contributed by atoms with Crippen molar-refractivity contribution in [3.05, 3.63) is 34.4 Å². The number of amides is 1. The van der Waals surface area contributed by atoms with Gasteiger partial charge in [0, 0.05) is 18.7 Å². The van der Waals surface area contributed by atoms with Crippen molar-refractivity contribution < 1.29 is 14.8 Å². The second-order valence-electron chi connectivity index (χ2n) is 4.67. The van der Waals surface area contributed by atoms with E-state index in [2.05, 4.69) is 5.32 Å². The lowest BCUT2D eigenvalue weighted by molar-refractivity contribution is -0.383. The van der Waals surface area contributed by atoms with Crippen molar-refractivity contribution in [3.63, 3.8) is 0 Å². The van der Waals surface area contributed by atoms with Crippen molar-refractivity contribution in [1.82, 2.24) is 4.90 Å². The largest absolute Gasteiger partial charge is 0.395 e. The molecule has 2 rings (SSSR count). The molecule has 0 bridgehead atoms. The summed E-state index contributed by atoms with van der Waals surface area (Å²) in [6.45, 7) is 0.219. The number of benzene rings is 1. The van der Waals surface area contributed by atoms with Crippen molar-refractivity contribution in [2.24, 2.45) is 0 Å². The molecule has 20 heavy (non-hydrogen) atoms. The van der Waals surface area contributed by atoms with Crippen LogP contribution in [0.1, 0.15) is 12.8 Å².